The lowest BCUT2D eigenvalue weighted by atomic mass is 10.1. The van der Waals surface area contributed by atoms with Gasteiger partial charge < -0.3 is 15.0 Å². The van der Waals surface area contributed by atoms with Gasteiger partial charge in [-0.05, 0) is 61.2 Å². The number of nitrogens with zero attached hydrogens (tertiary/aromatic N) is 2. The Balaban J connectivity index is 2.03. The molecule has 3 aromatic rings. The average molecular weight is 566 g/mol. The van der Waals surface area contributed by atoms with Crippen LogP contribution in [-0.2, 0) is 26.2 Å². The van der Waals surface area contributed by atoms with Crippen LogP contribution >= 0.6 is 0 Å². The van der Waals surface area contributed by atoms with Gasteiger partial charge in [0.15, 0.2) is 0 Å². The fraction of sp³-hybridized carbons (Fsp3) is 0.355. The van der Waals surface area contributed by atoms with Crippen LogP contribution < -0.4 is 14.4 Å². The molecule has 214 valence electrons. The Kier molecular flexibility index (Phi) is 10.7. The van der Waals surface area contributed by atoms with E-state index in [4.69, 9.17) is 4.74 Å². The predicted molar refractivity (Wildman–Crippen MR) is 158 cm³/mol. The number of rotatable bonds is 13. The Labute approximate surface area is 238 Å². The Morgan fingerprint density at radius 3 is 2.10 bits per heavy atom. The van der Waals surface area contributed by atoms with Gasteiger partial charge in [-0.3, -0.25) is 13.9 Å². The highest BCUT2D eigenvalue weighted by atomic mass is 32.2. The van der Waals surface area contributed by atoms with Crippen molar-refractivity contribution >= 4 is 27.5 Å². The molecule has 0 aromatic heterocycles. The van der Waals surface area contributed by atoms with Crippen LogP contribution in [0.2, 0.25) is 0 Å². The zero-order valence-corrected chi connectivity index (χ0v) is 24.6. The van der Waals surface area contributed by atoms with Crippen molar-refractivity contribution in [3.8, 4) is 5.75 Å². The summed E-state index contributed by atoms with van der Waals surface area (Å²) >= 11 is 0. The molecule has 0 saturated heterocycles. The van der Waals surface area contributed by atoms with Gasteiger partial charge in [0.05, 0.1) is 17.7 Å². The van der Waals surface area contributed by atoms with Gasteiger partial charge in [0, 0.05) is 13.1 Å². The maximum Gasteiger partial charge on any atom is 0.264 e. The van der Waals surface area contributed by atoms with Crippen molar-refractivity contribution in [1.82, 2.24) is 10.2 Å². The highest BCUT2D eigenvalue weighted by molar-refractivity contribution is 7.92. The Morgan fingerprint density at radius 2 is 1.55 bits per heavy atom. The average Bonchev–Trinajstić information content (AvgIpc) is 2.96. The summed E-state index contributed by atoms with van der Waals surface area (Å²) in [5, 5.41) is 2.94. The molecule has 0 heterocycles. The molecule has 0 bridgehead atoms. The van der Waals surface area contributed by atoms with Gasteiger partial charge in [0.1, 0.15) is 18.3 Å². The Morgan fingerprint density at radius 1 is 0.925 bits per heavy atom. The van der Waals surface area contributed by atoms with Crippen molar-refractivity contribution in [2.75, 3.05) is 24.5 Å². The molecule has 1 N–H and O–H groups in total. The highest BCUT2D eigenvalue weighted by Gasteiger charge is 2.33. The molecule has 0 saturated carbocycles. The number of nitrogens with one attached hydrogen (secondary N) is 1. The summed E-state index contributed by atoms with van der Waals surface area (Å²) < 4.78 is 34.0. The van der Waals surface area contributed by atoms with Crippen LogP contribution in [0.3, 0.4) is 0 Å². The smallest absolute Gasteiger partial charge is 0.264 e. The van der Waals surface area contributed by atoms with Gasteiger partial charge in [0.25, 0.3) is 10.0 Å². The first-order valence-corrected chi connectivity index (χ1v) is 14.8. The minimum atomic E-state index is -4.11. The van der Waals surface area contributed by atoms with Crippen molar-refractivity contribution in [2.45, 2.75) is 51.6 Å². The van der Waals surface area contributed by atoms with E-state index in [1.807, 2.05) is 52.0 Å². The molecule has 40 heavy (non-hydrogen) atoms. The van der Waals surface area contributed by atoms with Gasteiger partial charge in [0.2, 0.25) is 11.8 Å². The molecule has 9 heteroatoms. The molecule has 0 unspecified atom stereocenters. The lowest BCUT2D eigenvalue weighted by Gasteiger charge is -2.33. The largest absolute Gasteiger partial charge is 0.497 e. The van der Waals surface area contributed by atoms with Crippen molar-refractivity contribution in [3.63, 3.8) is 0 Å². The molecule has 0 aliphatic rings. The van der Waals surface area contributed by atoms with E-state index in [-0.39, 0.29) is 23.3 Å². The summed E-state index contributed by atoms with van der Waals surface area (Å²) in [6, 6.07) is 21.4. The van der Waals surface area contributed by atoms with Gasteiger partial charge in [-0.15, -0.1) is 0 Å². The number of amides is 2. The second-order valence-electron chi connectivity index (χ2n) is 10.1. The molecular weight excluding hydrogens is 526 g/mol. The first kappa shape index (κ1) is 30.7. The van der Waals surface area contributed by atoms with Crippen LogP contribution in [0.1, 0.15) is 38.3 Å². The van der Waals surface area contributed by atoms with Crippen LogP contribution in [0, 0.1) is 12.8 Å². The maximum atomic E-state index is 14.1. The monoisotopic (exact) mass is 565 g/mol. The predicted octanol–water partition coefficient (Wildman–Crippen LogP) is 4.78. The molecule has 1 atom stereocenters. The number of hydrogen-bond acceptors (Lipinski definition) is 5. The Hall–Kier alpha value is -3.85. The quantitative estimate of drug-likeness (QED) is 0.322. The number of methoxy groups -OCH3 is 1. The molecule has 2 amide bonds. The molecule has 3 aromatic carbocycles. The number of hydrogen-bond donors (Lipinski definition) is 1. The molecule has 0 spiro atoms. The summed E-state index contributed by atoms with van der Waals surface area (Å²) in [5.41, 5.74) is 2.23. The van der Waals surface area contributed by atoms with Crippen LogP contribution in [0.4, 0.5) is 5.69 Å². The number of anilines is 1. The number of sulfonamides is 1. The first-order chi connectivity index (χ1) is 19.1. The van der Waals surface area contributed by atoms with E-state index < -0.39 is 28.5 Å². The van der Waals surface area contributed by atoms with Gasteiger partial charge in [-0.1, -0.05) is 68.8 Å². The molecule has 0 aliphatic heterocycles. The van der Waals surface area contributed by atoms with E-state index in [0.717, 1.165) is 15.4 Å². The molecule has 8 nitrogen and oxygen atoms in total. The third-order valence-electron chi connectivity index (χ3n) is 6.51. The highest BCUT2D eigenvalue weighted by Crippen LogP contribution is 2.26. The fourth-order valence-electron chi connectivity index (χ4n) is 4.23. The van der Waals surface area contributed by atoms with Gasteiger partial charge >= 0.3 is 0 Å². The second kappa shape index (κ2) is 14.0. The SMILES string of the molecule is CC[C@H](C(=O)NCC(C)C)N(Cc1ccc(C)cc1)C(=O)CN(c1ccc(OC)cc1)S(=O)(=O)c1ccccc1. The van der Waals surface area contributed by atoms with E-state index in [9.17, 15) is 18.0 Å². The van der Waals surface area contributed by atoms with Crippen LogP contribution in [-0.4, -0.2) is 51.4 Å². The third-order valence-corrected chi connectivity index (χ3v) is 8.30. The van der Waals surface area contributed by atoms with Crippen molar-refractivity contribution in [2.24, 2.45) is 5.92 Å². The number of carbonyl (C=O) groups is 2. The van der Waals surface area contributed by atoms with Crippen molar-refractivity contribution in [1.29, 1.82) is 0 Å². The minimum absolute atomic E-state index is 0.0606. The fourth-order valence-corrected chi connectivity index (χ4v) is 5.66. The summed E-state index contributed by atoms with van der Waals surface area (Å²) in [6.45, 7) is 7.97. The summed E-state index contributed by atoms with van der Waals surface area (Å²) in [4.78, 5) is 28.9. The number of benzene rings is 3. The van der Waals surface area contributed by atoms with Crippen LogP contribution in [0.5, 0.6) is 5.75 Å². The van der Waals surface area contributed by atoms with E-state index in [1.165, 1.54) is 24.1 Å². The molecule has 0 fully saturated rings. The second-order valence-corrected chi connectivity index (χ2v) is 12.0. The lowest BCUT2D eigenvalue weighted by Crippen LogP contribution is -2.52. The summed E-state index contributed by atoms with van der Waals surface area (Å²) in [5.74, 6) is 0.0475. The minimum Gasteiger partial charge on any atom is -0.497 e. The number of ether oxygens (including phenoxy) is 1. The molecule has 0 radical (unpaired) electrons. The van der Waals surface area contributed by atoms with Gasteiger partial charge in [-0.25, -0.2) is 8.42 Å². The number of carbonyl (C=O) groups excluding carboxylic acids is 2. The molecular formula is C31H39N3O5S. The number of aryl methyl sites for hydroxylation is 1. The third kappa shape index (κ3) is 7.85. The zero-order valence-electron chi connectivity index (χ0n) is 23.8. The first-order valence-electron chi connectivity index (χ1n) is 13.4. The van der Waals surface area contributed by atoms with Crippen molar-refractivity contribution in [3.05, 3.63) is 90.0 Å². The van der Waals surface area contributed by atoms with E-state index >= 15 is 0 Å². The van der Waals surface area contributed by atoms with Crippen LogP contribution in [0.25, 0.3) is 0 Å². The molecule has 0 aliphatic carbocycles. The normalized spacial score (nSPS) is 12.1. The maximum absolute atomic E-state index is 14.1. The zero-order chi connectivity index (χ0) is 29.3. The summed E-state index contributed by atoms with van der Waals surface area (Å²) in [6.07, 6.45) is 0.371. The van der Waals surface area contributed by atoms with E-state index in [1.54, 1.807) is 42.5 Å². The van der Waals surface area contributed by atoms with E-state index in [2.05, 4.69) is 5.32 Å². The van der Waals surface area contributed by atoms with E-state index in [0.29, 0.717) is 24.4 Å². The van der Waals surface area contributed by atoms with Crippen molar-refractivity contribution < 1.29 is 22.7 Å². The Bertz CT molecular complexity index is 1360. The lowest BCUT2D eigenvalue weighted by molar-refractivity contribution is -0.140. The molecule has 3 rings (SSSR count). The van der Waals surface area contributed by atoms with Crippen LogP contribution in [0.15, 0.2) is 83.8 Å². The van der Waals surface area contributed by atoms with Gasteiger partial charge in [-0.2, -0.15) is 0 Å². The topological polar surface area (TPSA) is 96.0 Å². The standard InChI is InChI=1S/C31H39N3O5S/c1-6-29(31(36)32-20-23(2)3)33(21-25-14-12-24(4)13-15-25)30(35)22-34(26-16-18-27(39-5)19-17-26)40(37,38)28-10-8-7-9-11-28/h7-19,23,29H,6,20-22H2,1-5H3,(H,32,36)/t29-/m1/s1. The summed E-state index contributed by atoms with van der Waals surface area (Å²) in [7, 11) is -2.59.